The summed E-state index contributed by atoms with van der Waals surface area (Å²) in [6.45, 7) is 6.78. The third kappa shape index (κ3) is 4.73. The molecule has 1 saturated heterocycles. The molecule has 2 amide bonds. The first-order valence-corrected chi connectivity index (χ1v) is 9.57. The monoisotopic (exact) mass is 329 g/mol. The summed E-state index contributed by atoms with van der Waals surface area (Å²) in [5, 5.41) is 6.14. The van der Waals surface area contributed by atoms with Gasteiger partial charge in [0.2, 0.25) is 0 Å². The van der Waals surface area contributed by atoms with Crippen molar-refractivity contribution in [3.05, 3.63) is 35.4 Å². The van der Waals surface area contributed by atoms with E-state index in [4.69, 9.17) is 0 Å². The van der Waals surface area contributed by atoms with Gasteiger partial charge in [-0.2, -0.15) is 0 Å². The van der Waals surface area contributed by atoms with Crippen molar-refractivity contribution in [3.8, 4) is 0 Å². The molecule has 1 aromatic rings. The van der Waals surface area contributed by atoms with Crippen LogP contribution < -0.4 is 10.6 Å². The summed E-state index contributed by atoms with van der Waals surface area (Å²) in [6, 6.07) is 8.57. The maximum atomic E-state index is 12.1. The molecule has 1 aromatic carbocycles. The normalized spacial score (nSPS) is 21.5. The number of nitrogens with one attached hydrogen (secondary N) is 2. The number of fused-ring (bicyclic) bond motifs is 1. The molecule has 0 aromatic heterocycles. The van der Waals surface area contributed by atoms with Gasteiger partial charge >= 0.3 is 6.03 Å². The van der Waals surface area contributed by atoms with Crippen LogP contribution in [0.25, 0.3) is 0 Å². The number of amides is 2. The number of hydrogen-bond donors (Lipinski definition) is 2. The number of carbonyl (C=O) groups is 1. The summed E-state index contributed by atoms with van der Waals surface area (Å²) in [7, 11) is 0. The number of unbranched alkanes of at least 4 members (excludes halogenated alkanes) is 1. The van der Waals surface area contributed by atoms with Crippen LogP contribution >= 0.6 is 0 Å². The Kier molecular flexibility index (Phi) is 6.13. The number of urea groups is 1. The Labute approximate surface area is 146 Å². The first kappa shape index (κ1) is 17.3. The van der Waals surface area contributed by atoms with Crippen molar-refractivity contribution >= 4 is 6.03 Å². The van der Waals surface area contributed by atoms with Gasteiger partial charge in [-0.05, 0) is 75.2 Å². The predicted molar refractivity (Wildman–Crippen MR) is 98.1 cm³/mol. The molecule has 1 atom stereocenters. The van der Waals surface area contributed by atoms with E-state index in [1.165, 1.54) is 50.0 Å². The van der Waals surface area contributed by atoms with Gasteiger partial charge in [0.05, 0.1) is 6.04 Å². The highest BCUT2D eigenvalue weighted by atomic mass is 16.2. The highest BCUT2D eigenvalue weighted by Crippen LogP contribution is 2.30. The quantitative estimate of drug-likeness (QED) is 0.785. The zero-order valence-electron chi connectivity index (χ0n) is 14.9. The van der Waals surface area contributed by atoms with Crippen LogP contribution in [-0.4, -0.2) is 37.1 Å². The van der Waals surface area contributed by atoms with Gasteiger partial charge in [0, 0.05) is 6.54 Å². The molecule has 4 heteroatoms. The molecule has 0 saturated carbocycles. The molecule has 24 heavy (non-hydrogen) atoms. The van der Waals surface area contributed by atoms with Crippen LogP contribution in [-0.2, 0) is 6.42 Å². The fourth-order valence-corrected chi connectivity index (χ4v) is 3.86. The highest BCUT2D eigenvalue weighted by Gasteiger charge is 2.23. The SMILES string of the molecule is CC1CCN(CCCCNC(=O)N[C@H]2CCc3ccccc32)CC1. The zero-order valence-corrected chi connectivity index (χ0v) is 14.9. The number of piperidine rings is 1. The Morgan fingerprint density at radius 2 is 1.96 bits per heavy atom. The van der Waals surface area contributed by atoms with Crippen molar-refractivity contribution in [2.24, 2.45) is 5.92 Å². The van der Waals surface area contributed by atoms with Crippen LogP contribution in [0.5, 0.6) is 0 Å². The average Bonchev–Trinajstić information content (AvgIpc) is 2.99. The van der Waals surface area contributed by atoms with E-state index in [1.54, 1.807) is 0 Å². The van der Waals surface area contributed by atoms with Gasteiger partial charge < -0.3 is 15.5 Å². The van der Waals surface area contributed by atoms with Crippen LogP contribution in [0.4, 0.5) is 4.79 Å². The van der Waals surface area contributed by atoms with Crippen molar-refractivity contribution in [1.82, 2.24) is 15.5 Å². The maximum absolute atomic E-state index is 12.1. The van der Waals surface area contributed by atoms with Gasteiger partial charge in [0.1, 0.15) is 0 Å². The van der Waals surface area contributed by atoms with Gasteiger partial charge in [0.25, 0.3) is 0 Å². The summed E-state index contributed by atoms with van der Waals surface area (Å²) in [5.41, 5.74) is 2.66. The van der Waals surface area contributed by atoms with E-state index in [-0.39, 0.29) is 12.1 Å². The summed E-state index contributed by atoms with van der Waals surface area (Å²) in [4.78, 5) is 14.6. The second kappa shape index (κ2) is 8.52. The van der Waals surface area contributed by atoms with Gasteiger partial charge in [0.15, 0.2) is 0 Å². The predicted octanol–water partition coefficient (Wildman–Crippen LogP) is 3.49. The van der Waals surface area contributed by atoms with Crippen LogP contribution in [0, 0.1) is 5.92 Å². The largest absolute Gasteiger partial charge is 0.338 e. The minimum absolute atomic E-state index is 0.0245. The second-order valence-corrected chi connectivity index (χ2v) is 7.42. The number of rotatable bonds is 6. The number of aryl methyl sites for hydroxylation is 1. The first-order valence-electron chi connectivity index (χ1n) is 9.57. The molecule has 0 unspecified atom stereocenters. The van der Waals surface area contributed by atoms with Gasteiger partial charge in [-0.3, -0.25) is 0 Å². The minimum atomic E-state index is -0.0245. The third-order valence-electron chi connectivity index (χ3n) is 5.50. The molecule has 0 bridgehead atoms. The molecule has 132 valence electrons. The fourth-order valence-electron chi connectivity index (χ4n) is 3.86. The van der Waals surface area contributed by atoms with E-state index in [2.05, 4.69) is 46.7 Å². The number of nitrogens with zero attached hydrogens (tertiary/aromatic N) is 1. The third-order valence-corrected chi connectivity index (χ3v) is 5.50. The van der Waals surface area contributed by atoms with Crippen LogP contribution in [0.1, 0.15) is 56.2 Å². The maximum Gasteiger partial charge on any atom is 0.315 e. The van der Waals surface area contributed by atoms with E-state index in [0.717, 1.165) is 31.7 Å². The highest BCUT2D eigenvalue weighted by molar-refractivity contribution is 5.74. The standard InChI is InChI=1S/C20H31N3O/c1-16-10-14-23(15-11-16)13-5-4-12-21-20(24)22-19-9-8-17-6-2-3-7-18(17)19/h2-3,6-7,16,19H,4-5,8-15H2,1H3,(H2,21,22,24)/t19-/m0/s1. The number of likely N-dealkylation sites (tertiary alicyclic amines) is 1. The Hall–Kier alpha value is -1.55. The number of hydrogen-bond acceptors (Lipinski definition) is 2. The van der Waals surface area contributed by atoms with Crippen molar-refractivity contribution in [2.45, 2.75) is 51.5 Å². The van der Waals surface area contributed by atoms with E-state index >= 15 is 0 Å². The molecule has 3 rings (SSSR count). The minimum Gasteiger partial charge on any atom is -0.338 e. The van der Waals surface area contributed by atoms with Crippen LogP contribution in [0.2, 0.25) is 0 Å². The second-order valence-electron chi connectivity index (χ2n) is 7.42. The summed E-state index contributed by atoms with van der Waals surface area (Å²) >= 11 is 0. The molecule has 1 aliphatic heterocycles. The Morgan fingerprint density at radius 1 is 1.17 bits per heavy atom. The van der Waals surface area contributed by atoms with E-state index in [9.17, 15) is 4.79 Å². The summed E-state index contributed by atoms with van der Waals surface area (Å²) < 4.78 is 0. The van der Waals surface area contributed by atoms with E-state index < -0.39 is 0 Å². The van der Waals surface area contributed by atoms with Gasteiger partial charge in [-0.25, -0.2) is 4.79 Å². The zero-order chi connectivity index (χ0) is 16.8. The molecule has 1 aliphatic carbocycles. The lowest BCUT2D eigenvalue weighted by Crippen LogP contribution is -2.38. The molecule has 1 heterocycles. The van der Waals surface area contributed by atoms with Crippen molar-refractivity contribution in [2.75, 3.05) is 26.2 Å². The van der Waals surface area contributed by atoms with Crippen molar-refractivity contribution in [3.63, 3.8) is 0 Å². The summed E-state index contributed by atoms with van der Waals surface area (Å²) in [5.74, 6) is 0.896. The Bertz CT molecular complexity index is 537. The lowest BCUT2D eigenvalue weighted by atomic mass is 9.99. The molecule has 1 fully saturated rings. The number of carbonyl (C=O) groups excluding carboxylic acids is 1. The van der Waals surface area contributed by atoms with Gasteiger partial charge in [-0.15, -0.1) is 0 Å². The molecule has 2 N–H and O–H groups in total. The van der Waals surface area contributed by atoms with Crippen LogP contribution in [0.3, 0.4) is 0 Å². The molecule has 0 spiro atoms. The average molecular weight is 329 g/mol. The smallest absolute Gasteiger partial charge is 0.315 e. The van der Waals surface area contributed by atoms with Crippen molar-refractivity contribution in [1.29, 1.82) is 0 Å². The molecular weight excluding hydrogens is 298 g/mol. The molecule has 2 aliphatic rings. The lowest BCUT2D eigenvalue weighted by Gasteiger charge is -2.30. The molecular formula is C20H31N3O. The fraction of sp³-hybridized carbons (Fsp3) is 0.650. The van der Waals surface area contributed by atoms with Gasteiger partial charge in [-0.1, -0.05) is 31.2 Å². The Morgan fingerprint density at radius 3 is 2.79 bits per heavy atom. The summed E-state index contributed by atoms with van der Waals surface area (Å²) in [6.07, 6.45) is 6.98. The molecule has 4 nitrogen and oxygen atoms in total. The Balaban J connectivity index is 1.28. The van der Waals surface area contributed by atoms with Crippen molar-refractivity contribution < 1.29 is 4.79 Å². The topological polar surface area (TPSA) is 44.4 Å². The van der Waals surface area contributed by atoms with E-state index in [1.807, 2.05) is 0 Å². The van der Waals surface area contributed by atoms with E-state index in [0.29, 0.717) is 0 Å². The lowest BCUT2D eigenvalue weighted by molar-refractivity contribution is 0.189. The first-order chi connectivity index (χ1) is 11.7. The molecule has 0 radical (unpaired) electrons. The number of benzene rings is 1. The van der Waals surface area contributed by atoms with Crippen LogP contribution in [0.15, 0.2) is 24.3 Å².